The minimum Gasteiger partial charge on any atom is -0.389 e. The van der Waals surface area contributed by atoms with Crippen LogP contribution in [0.4, 0.5) is 0 Å². The lowest BCUT2D eigenvalue weighted by atomic mass is 10.1. The van der Waals surface area contributed by atoms with Crippen LogP contribution in [0.1, 0.15) is 26.2 Å². The van der Waals surface area contributed by atoms with Crippen molar-refractivity contribution in [2.45, 2.75) is 32.2 Å². The molecule has 0 aromatic carbocycles. The van der Waals surface area contributed by atoms with Gasteiger partial charge in [-0.15, -0.1) is 0 Å². The highest BCUT2D eigenvalue weighted by atomic mass is 16.5. The van der Waals surface area contributed by atoms with Crippen molar-refractivity contribution < 1.29 is 19.4 Å². The predicted octanol–water partition coefficient (Wildman–Crippen LogP) is -0.349. The summed E-state index contributed by atoms with van der Waals surface area (Å²) in [5.41, 5.74) is 5.49. The molecule has 5 heteroatoms. The highest BCUT2D eigenvalue weighted by Gasteiger charge is 2.10. The highest BCUT2D eigenvalue weighted by molar-refractivity contribution is 5.84. The van der Waals surface area contributed by atoms with Gasteiger partial charge in [0.15, 0.2) is 11.6 Å². The van der Waals surface area contributed by atoms with Gasteiger partial charge in [-0.1, -0.05) is 0 Å². The molecule has 0 aliphatic carbocycles. The molecule has 1 unspecified atom stereocenters. The third-order valence-corrected chi connectivity index (χ3v) is 1.93. The van der Waals surface area contributed by atoms with Crippen LogP contribution in [0.3, 0.4) is 0 Å². The van der Waals surface area contributed by atoms with Crippen LogP contribution in [0.2, 0.25) is 0 Å². The lowest BCUT2D eigenvalue weighted by molar-refractivity contribution is -0.123. The molecule has 5 nitrogen and oxygen atoms in total. The van der Waals surface area contributed by atoms with Gasteiger partial charge >= 0.3 is 0 Å². The maximum absolute atomic E-state index is 10.9. The molecule has 0 aliphatic rings. The van der Waals surface area contributed by atoms with Crippen LogP contribution in [0.15, 0.2) is 0 Å². The van der Waals surface area contributed by atoms with Crippen LogP contribution < -0.4 is 5.73 Å². The number of aliphatic hydroxyl groups excluding tert-OH is 1. The van der Waals surface area contributed by atoms with Crippen LogP contribution in [-0.2, 0) is 14.3 Å². The average molecular weight is 217 g/mol. The van der Waals surface area contributed by atoms with Gasteiger partial charge in [0, 0.05) is 6.61 Å². The Kier molecular flexibility index (Phi) is 8.08. The van der Waals surface area contributed by atoms with E-state index < -0.39 is 12.6 Å². The van der Waals surface area contributed by atoms with Crippen molar-refractivity contribution in [3.05, 3.63) is 0 Å². The van der Waals surface area contributed by atoms with E-state index in [0.29, 0.717) is 13.0 Å². The largest absolute Gasteiger partial charge is 0.389 e. The number of Topliss-reactive ketones (excluding diaryl/α,β-unsaturated/α-hetero) is 2. The van der Waals surface area contributed by atoms with Gasteiger partial charge in [-0.2, -0.15) is 0 Å². The van der Waals surface area contributed by atoms with Crippen molar-refractivity contribution in [1.29, 1.82) is 0 Å². The van der Waals surface area contributed by atoms with E-state index in [2.05, 4.69) is 0 Å². The van der Waals surface area contributed by atoms with Gasteiger partial charge in [0.05, 0.1) is 6.04 Å². The first-order valence-electron chi connectivity index (χ1n) is 5.04. The van der Waals surface area contributed by atoms with Gasteiger partial charge in [-0.05, 0) is 26.2 Å². The topological polar surface area (TPSA) is 89.6 Å². The first kappa shape index (κ1) is 14.2. The van der Waals surface area contributed by atoms with Gasteiger partial charge in [-0.3, -0.25) is 9.59 Å². The number of nitrogens with two attached hydrogens (primary N) is 1. The van der Waals surface area contributed by atoms with Crippen LogP contribution >= 0.6 is 0 Å². The van der Waals surface area contributed by atoms with Crippen molar-refractivity contribution in [1.82, 2.24) is 0 Å². The molecule has 0 radical (unpaired) electrons. The number of hydrogen-bond donors (Lipinski definition) is 2. The van der Waals surface area contributed by atoms with Gasteiger partial charge in [0.2, 0.25) is 0 Å². The molecule has 0 amide bonds. The summed E-state index contributed by atoms with van der Waals surface area (Å²) < 4.78 is 5.04. The Morgan fingerprint density at radius 2 is 2.07 bits per heavy atom. The fraction of sp³-hybridized carbons (Fsp3) is 0.800. The second kappa shape index (κ2) is 8.52. The van der Waals surface area contributed by atoms with Crippen molar-refractivity contribution in [2.24, 2.45) is 5.73 Å². The Balaban J connectivity index is 3.31. The van der Waals surface area contributed by atoms with Gasteiger partial charge in [0.25, 0.3) is 0 Å². The monoisotopic (exact) mass is 217 g/mol. The molecule has 0 aromatic heterocycles. The SMILES string of the molecule is CC(=O)COCCCCC(N)C(=O)CO. The summed E-state index contributed by atoms with van der Waals surface area (Å²) >= 11 is 0. The normalized spacial score (nSPS) is 12.5. The van der Waals surface area contributed by atoms with E-state index in [-0.39, 0.29) is 18.2 Å². The Hall–Kier alpha value is -0.780. The number of ether oxygens (including phenoxy) is 1. The third kappa shape index (κ3) is 8.23. The van der Waals surface area contributed by atoms with Crippen LogP contribution in [-0.4, -0.2) is 42.5 Å². The quantitative estimate of drug-likeness (QED) is 0.515. The first-order valence-corrected chi connectivity index (χ1v) is 5.04. The van der Waals surface area contributed by atoms with E-state index in [4.69, 9.17) is 15.6 Å². The smallest absolute Gasteiger partial charge is 0.174 e. The Morgan fingerprint density at radius 3 is 2.60 bits per heavy atom. The molecule has 0 heterocycles. The van der Waals surface area contributed by atoms with E-state index >= 15 is 0 Å². The van der Waals surface area contributed by atoms with E-state index in [0.717, 1.165) is 12.8 Å². The zero-order valence-electron chi connectivity index (χ0n) is 9.07. The van der Waals surface area contributed by atoms with Crippen molar-refractivity contribution in [3.63, 3.8) is 0 Å². The van der Waals surface area contributed by atoms with Gasteiger partial charge in [-0.25, -0.2) is 0 Å². The zero-order valence-corrected chi connectivity index (χ0v) is 9.07. The maximum atomic E-state index is 10.9. The van der Waals surface area contributed by atoms with Crippen molar-refractivity contribution >= 4 is 11.6 Å². The lowest BCUT2D eigenvalue weighted by Gasteiger charge is -2.08. The molecule has 0 aliphatic heterocycles. The Morgan fingerprint density at radius 1 is 1.40 bits per heavy atom. The number of rotatable bonds is 9. The molecule has 0 aromatic rings. The average Bonchev–Trinajstić information content (AvgIpc) is 2.21. The molecule has 3 N–H and O–H groups in total. The Bertz CT molecular complexity index is 206. The molecule has 0 saturated heterocycles. The van der Waals surface area contributed by atoms with E-state index in [1.54, 1.807) is 0 Å². The second-order valence-electron chi connectivity index (χ2n) is 3.48. The summed E-state index contributed by atoms with van der Waals surface area (Å²) in [5.74, 6) is -0.332. The van der Waals surface area contributed by atoms with Crippen molar-refractivity contribution in [2.75, 3.05) is 19.8 Å². The Labute approximate surface area is 89.6 Å². The predicted molar refractivity (Wildman–Crippen MR) is 55.4 cm³/mol. The molecule has 15 heavy (non-hydrogen) atoms. The fourth-order valence-electron chi connectivity index (χ4n) is 1.06. The number of carbonyl (C=O) groups is 2. The molecule has 88 valence electrons. The molecular weight excluding hydrogens is 198 g/mol. The van der Waals surface area contributed by atoms with E-state index in [9.17, 15) is 9.59 Å². The van der Waals surface area contributed by atoms with Crippen LogP contribution in [0.5, 0.6) is 0 Å². The second-order valence-corrected chi connectivity index (χ2v) is 3.48. The summed E-state index contributed by atoms with van der Waals surface area (Å²) in [5, 5.41) is 8.52. The fourth-order valence-corrected chi connectivity index (χ4v) is 1.06. The standard InChI is InChI=1S/C10H19NO4/c1-8(13)7-15-5-3-2-4-9(11)10(14)6-12/h9,12H,2-7,11H2,1H3. The molecule has 0 rings (SSSR count). The first-order chi connectivity index (χ1) is 7.07. The van der Waals surface area contributed by atoms with E-state index in [1.807, 2.05) is 0 Å². The van der Waals surface area contributed by atoms with Gasteiger partial charge in [0.1, 0.15) is 13.2 Å². The van der Waals surface area contributed by atoms with E-state index in [1.165, 1.54) is 6.92 Å². The number of aliphatic hydroxyl groups is 1. The lowest BCUT2D eigenvalue weighted by Crippen LogP contribution is -2.32. The number of hydrogen-bond acceptors (Lipinski definition) is 5. The molecule has 0 bridgehead atoms. The summed E-state index contributed by atoms with van der Waals surface area (Å²) in [6, 6.07) is -0.581. The summed E-state index contributed by atoms with van der Waals surface area (Å²) in [6.45, 7) is 1.61. The molecule has 0 spiro atoms. The summed E-state index contributed by atoms with van der Waals surface area (Å²) in [6.07, 6.45) is 2.06. The summed E-state index contributed by atoms with van der Waals surface area (Å²) in [4.78, 5) is 21.4. The molecule has 0 saturated carbocycles. The highest BCUT2D eigenvalue weighted by Crippen LogP contribution is 2.00. The van der Waals surface area contributed by atoms with Crippen molar-refractivity contribution in [3.8, 4) is 0 Å². The minimum absolute atomic E-state index is 0.00200. The third-order valence-electron chi connectivity index (χ3n) is 1.93. The summed E-state index contributed by atoms with van der Waals surface area (Å²) in [7, 11) is 0. The zero-order chi connectivity index (χ0) is 11.7. The number of unbranched alkanes of at least 4 members (excludes halogenated alkanes) is 1. The van der Waals surface area contributed by atoms with Crippen LogP contribution in [0.25, 0.3) is 0 Å². The molecule has 1 atom stereocenters. The van der Waals surface area contributed by atoms with Crippen LogP contribution in [0, 0.1) is 0 Å². The minimum atomic E-state index is -0.581. The maximum Gasteiger partial charge on any atom is 0.174 e. The number of ketones is 2. The number of carbonyl (C=O) groups excluding carboxylic acids is 2. The van der Waals surface area contributed by atoms with Gasteiger partial charge < -0.3 is 15.6 Å². The molecule has 0 fully saturated rings. The molecular formula is C10H19NO4.